The Bertz CT molecular complexity index is 866. The molecule has 1 aromatic rings. The normalized spacial score (nSPS) is 29.2. The van der Waals surface area contributed by atoms with Crippen molar-refractivity contribution >= 4 is 17.6 Å². The van der Waals surface area contributed by atoms with E-state index in [0.717, 1.165) is 55.5 Å². The van der Waals surface area contributed by atoms with Crippen molar-refractivity contribution < 1.29 is 24.2 Å². The first kappa shape index (κ1) is 22.5. The Hall–Kier alpha value is -2.32. The molecule has 2 saturated carbocycles. The van der Waals surface area contributed by atoms with Crippen LogP contribution in [-0.4, -0.2) is 54.0 Å². The van der Waals surface area contributed by atoms with E-state index >= 15 is 0 Å². The first-order valence-electron chi connectivity index (χ1n) is 12.5. The van der Waals surface area contributed by atoms with Gasteiger partial charge in [-0.05, 0) is 50.3 Å². The molecule has 8 nitrogen and oxygen atoms in total. The predicted octanol–water partition coefficient (Wildman–Crippen LogP) is 3.19. The molecule has 2 heterocycles. The smallest absolute Gasteiger partial charge is 0.319 e. The molecule has 0 unspecified atom stereocenters. The van der Waals surface area contributed by atoms with Crippen LogP contribution in [0.3, 0.4) is 0 Å². The van der Waals surface area contributed by atoms with E-state index in [1.54, 1.807) is 0 Å². The average molecular weight is 458 g/mol. The highest BCUT2D eigenvalue weighted by Crippen LogP contribution is 2.47. The van der Waals surface area contributed by atoms with Gasteiger partial charge < -0.3 is 30.5 Å². The predicted molar refractivity (Wildman–Crippen MR) is 123 cm³/mol. The summed E-state index contributed by atoms with van der Waals surface area (Å²) in [5.41, 5.74) is 1.72. The number of aliphatic hydroxyl groups is 1. The molecule has 2 aliphatic carbocycles. The maximum absolute atomic E-state index is 12.6. The lowest BCUT2D eigenvalue weighted by Gasteiger charge is -2.37. The number of hydrogen-bond acceptors (Lipinski definition) is 5. The molecule has 3 amide bonds. The molecular weight excluding hydrogens is 422 g/mol. The van der Waals surface area contributed by atoms with Gasteiger partial charge in [0.25, 0.3) is 0 Å². The maximum atomic E-state index is 12.6. The molecule has 180 valence electrons. The standard InChI is InChI=1S/C25H35N3O5/c29-14-22-24-20(12-18(32-22)13-23(30)26-15-5-1-2-6-15)19-11-17(9-10-21(19)33-24)28-25(31)27-16-7-3-4-8-16/h9-11,15-16,18,20,22,24,29H,1-8,12-14H2,(H,26,30)(H2,27,28,31)/t18-,20-,22+,24+/m0/s1. The van der Waals surface area contributed by atoms with Crippen molar-refractivity contribution in [2.45, 2.75) is 101 Å². The van der Waals surface area contributed by atoms with Gasteiger partial charge in [0.15, 0.2) is 0 Å². The van der Waals surface area contributed by atoms with Crippen molar-refractivity contribution in [2.24, 2.45) is 0 Å². The molecule has 0 radical (unpaired) electrons. The number of anilines is 1. The molecule has 0 bridgehead atoms. The van der Waals surface area contributed by atoms with E-state index in [4.69, 9.17) is 9.47 Å². The van der Waals surface area contributed by atoms with Crippen LogP contribution in [0, 0.1) is 0 Å². The Morgan fingerprint density at radius 3 is 2.39 bits per heavy atom. The van der Waals surface area contributed by atoms with Crippen LogP contribution in [0.25, 0.3) is 0 Å². The highest BCUT2D eigenvalue weighted by atomic mass is 16.6. The van der Waals surface area contributed by atoms with E-state index in [-0.39, 0.29) is 55.2 Å². The lowest BCUT2D eigenvalue weighted by Crippen LogP contribution is -2.47. The Morgan fingerprint density at radius 1 is 1.00 bits per heavy atom. The van der Waals surface area contributed by atoms with Gasteiger partial charge in [0.2, 0.25) is 5.91 Å². The third kappa shape index (κ3) is 5.11. The number of aliphatic hydroxyl groups excluding tert-OH is 1. The number of carbonyl (C=O) groups excluding carboxylic acids is 2. The van der Waals surface area contributed by atoms with Gasteiger partial charge in [-0.1, -0.05) is 25.7 Å². The van der Waals surface area contributed by atoms with Crippen molar-refractivity contribution in [1.82, 2.24) is 10.6 Å². The van der Waals surface area contributed by atoms with Gasteiger partial charge in [0.05, 0.1) is 19.1 Å². The summed E-state index contributed by atoms with van der Waals surface area (Å²) >= 11 is 0. The first-order valence-corrected chi connectivity index (χ1v) is 12.5. The number of fused-ring (bicyclic) bond motifs is 3. The fraction of sp³-hybridized carbons (Fsp3) is 0.680. The maximum Gasteiger partial charge on any atom is 0.319 e. The summed E-state index contributed by atoms with van der Waals surface area (Å²) in [6.07, 6.45) is 8.72. The molecule has 4 N–H and O–H groups in total. The lowest BCUT2D eigenvalue weighted by molar-refractivity contribution is -0.142. The van der Waals surface area contributed by atoms with Crippen LogP contribution in [0.2, 0.25) is 0 Å². The SMILES string of the molecule is O=C(C[C@@H]1C[C@H]2c3cc(NC(=O)NC4CCCC4)ccc3O[C@H]2[C@@H](CO)O1)NC1CCCC1. The van der Waals surface area contributed by atoms with Gasteiger partial charge in [0, 0.05) is 29.3 Å². The van der Waals surface area contributed by atoms with Crippen LogP contribution in [0.4, 0.5) is 10.5 Å². The van der Waals surface area contributed by atoms with Gasteiger partial charge in [-0.3, -0.25) is 4.79 Å². The van der Waals surface area contributed by atoms with E-state index in [2.05, 4.69) is 16.0 Å². The third-order valence-electron chi connectivity index (χ3n) is 7.58. The molecular formula is C25H35N3O5. The fourth-order valence-corrected chi connectivity index (χ4v) is 5.95. The van der Waals surface area contributed by atoms with Crippen molar-refractivity contribution in [3.8, 4) is 5.75 Å². The zero-order valence-electron chi connectivity index (χ0n) is 19.1. The molecule has 8 heteroatoms. The second kappa shape index (κ2) is 9.89. The lowest BCUT2D eigenvalue weighted by atomic mass is 9.84. The summed E-state index contributed by atoms with van der Waals surface area (Å²) < 4.78 is 12.2. The minimum Gasteiger partial charge on any atom is -0.487 e. The van der Waals surface area contributed by atoms with Crippen LogP contribution in [0.15, 0.2) is 18.2 Å². The Balaban J connectivity index is 1.24. The molecule has 0 aromatic heterocycles. The largest absolute Gasteiger partial charge is 0.487 e. The second-order valence-electron chi connectivity index (χ2n) is 9.99. The van der Waals surface area contributed by atoms with E-state index < -0.39 is 6.10 Å². The molecule has 3 fully saturated rings. The molecule has 4 aliphatic rings. The topological polar surface area (TPSA) is 109 Å². The fourth-order valence-electron chi connectivity index (χ4n) is 5.95. The number of carbonyl (C=O) groups is 2. The number of benzene rings is 1. The van der Waals surface area contributed by atoms with E-state index in [0.29, 0.717) is 6.42 Å². The summed E-state index contributed by atoms with van der Waals surface area (Å²) in [7, 11) is 0. The van der Waals surface area contributed by atoms with Crippen LogP contribution in [-0.2, 0) is 9.53 Å². The number of nitrogens with one attached hydrogen (secondary N) is 3. The van der Waals surface area contributed by atoms with E-state index in [1.165, 1.54) is 12.8 Å². The molecule has 2 aliphatic heterocycles. The number of urea groups is 1. The minimum absolute atomic E-state index is 0.00910. The Morgan fingerprint density at radius 2 is 1.70 bits per heavy atom. The van der Waals surface area contributed by atoms with Crippen LogP contribution >= 0.6 is 0 Å². The molecule has 5 rings (SSSR count). The molecule has 1 aromatic carbocycles. The number of ether oxygens (including phenoxy) is 2. The summed E-state index contributed by atoms with van der Waals surface area (Å²) in [5.74, 6) is 0.778. The van der Waals surface area contributed by atoms with Gasteiger partial charge in [-0.15, -0.1) is 0 Å². The second-order valence-corrected chi connectivity index (χ2v) is 9.99. The minimum atomic E-state index is -0.484. The molecule has 4 atom stereocenters. The zero-order valence-corrected chi connectivity index (χ0v) is 19.1. The van der Waals surface area contributed by atoms with Crippen LogP contribution < -0.4 is 20.7 Å². The third-order valence-corrected chi connectivity index (χ3v) is 7.58. The van der Waals surface area contributed by atoms with Gasteiger partial charge in [-0.2, -0.15) is 0 Å². The summed E-state index contributed by atoms with van der Waals surface area (Å²) in [5, 5.41) is 19.1. The molecule has 33 heavy (non-hydrogen) atoms. The van der Waals surface area contributed by atoms with Crippen molar-refractivity contribution in [1.29, 1.82) is 0 Å². The molecule has 1 saturated heterocycles. The zero-order chi connectivity index (χ0) is 22.8. The summed E-state index contributed by atoms with van der Waals surface area (Å²) in [6.45, 7) is -0.162. The number of rotatable bonds is 6. The monoisotopic (exact) mass is 457 g/mol. The van der Waals surface area contributed by atoms with Gasteiger partial charge in [0.1, 0.15) is 18.0 Å². The van der Waals surface area contributed by atoms with E-state index in [1.807, 2.05) is 18.2 Å². The van der Waals surface area contributed by atoms with Crippen LogP contribution in [0.5, 0.6) is 5.75 Å². The van der Waals surface area contributed by atoms with Gasteiger partial charge in [-0.25, -0.2) is 4.79 Å². The van der Waals surface area contributed by atoms with Crippen molar-refractivity contribution in [3.05, 3.63) is 23.8 Å². The summed E-state index contributed by atoms with van der Waals surface area (Å²) in [6, 6.07) is 6.02. The average Bonchev–Trinajstić information content (AvgIpc) is 3.55. The van der Waals surface area contributed by atoms with E-state index in [9.17, 15) is 14.7 Å². The Labute approximate surface area is 194 Å². The number of amides is 3. The summed E-state index contributed by atoms with van der Waals surface area (Å²) in [4.78, 5) is 25.0. The van der Waals surface area contributed by atoms with Crippen LogP contribution in [0.1, 0.15) is 75.7 Å². The number of hydrogen-bond donors (Lipinski definition) is 4. The quantitative estimate of drug-likeness (QED) is 0.525. The van der Waals surface area contributed by atoms with Crippen molar-refractivity contribution in [3.63, 3.8) is 0 Å². The highest BCUT2D eigenvalue weighted by molar-refractivity contribution is 5.89. The Kier molecular flexibility index (Phi) is 6.74. The highest BCUT2D eigenvalue weighted by Gasteiger charge is 2.46. The van der Waals surface area contributed by atoms with Crippen molar-refractivity contribution in [2.75, 3.05) is 11.9 Å². The molecule has 0 spiro atoms. The first-order chi connectivity index (χ1) is 16.1. The van der Waals surface area contributed by atoms with Gasteiger partial charge >= 0.3 is 6.03 Å².